The second-order valence-corrected chi connectivity index (χ2v) is 6.39. The Morgan fingerprint density at radius 1 is 0.583 bits per heavy atom. The molecule has 0 radical (unpaired) electrons. The Labute approximate surface area is 162 Å². The lowest BCUT2D eigenvalue weighted by molar-refractivity contribution is -0.00000472. The van der Waals surface area contributed by atoms with Crippen LogP contribution in [0.15, 0.2) is 91.0 Å². The van der Waals surface area contributed by atoms with Gasteiger partial charge in [0.25, 0.3) is 0 Å². The number of para-hydroxylation sites is 3. The van der Waals surface area contributed by atoms with E-state index in [1.807, 2.05) is 0 Å². The summed E-state index contributed by atoms with van der Waals surface area (Å²) in [5.74, 6) is 0.565. The van der Waals surface area contributed by atoms with E-state index in [0.29, 0.717) is 5.92 Å². The summed E-state index contributed by atoms with van der Waals surface area (Å²) in [6.45, 7) is 5.61. The fraction of sp³-hybridized carbons (Fsp3) is 0.182. The van der Waals surface area contributed by atoms with E-state index >= 15 is 0 Å². The van der Waals surface area contributed by atoms with Crippen molar-refractivity contribution in [2.75, 3.05) is 6.54 Å². The number of hydrogen-bond donors (Lipinski definition) is 0. The van der Waals surface area contributed by atoms with Gasteiger partial charge in [0, 0.05) is 5.92 Å². The van der Waals surface area contributed by atoms with E-state index in [4.69, 9.17) is 0 Å². The molecule has 3 rings (SSSR count). The van der Waals surface area contributed by atoms with Crippen molar-refractivity contribution in [2.24, 2.45) is 5.92 Å². The molecule has 1 nitrogen and oxygen atoms in total. The maximum Gasteiger partial charge on any atom is 0.143 e. The molecular weight excluding hydrogens is 405 g/mol. The SMILES string of the molecule is CC(C)C[N+](c1ccccc1)(c1ccccc1)c1ccccc1.[I-]. The quantitative estimate of drug-likeness (QED) is 0.431. The average Bonchev–Trinajstić information content (AvgIpc) is 2.62. The first-order valence-corrected chi connectivity index (χ1v) is 8.28. The summed E-state index contributed by atoms with van der Waals surface area (Å²) >= 11 is 0. The Hall–Kier alpha value is -1.65. The summed E-state index contributed by atoms with van der Waals surface area (Å²) in [6.07, 6.45) is 0. The van der Waals surface area contributed by atoms with Gasteiger partial charge in [0.15, 0.2) is 0 Å². The second-order valence-electron chi connectivity index (χ2n) is 6.39. The van der Waals surface area contributed by atoms with Crippen LogP contribution in [0.5, 0.6) is 0 Å². The third kappa shape index (κ3) is 3.70. The molecule has 24 heavy (non-hydrogen) atoms. The highest BCUT2D eigenvalue weighted by Crippen LogP contribution is 2.44. The molecule has 0 atom stereocenters. The predicted molar refractivity (Wildman–Crippen MR) is 100 cm³/mol. The lowest BCUT2D eigenvalue weighted by Crippen LogP contribution is -3.00. The summed E-state index contributed by atoms with van der Waals surface area (Å²) < 4.78 is 0.750. The largest absolute Gasteiger partial charge is 1.00 e. The highest BCUT2D eigenvalue weighted by atomic mass is 127. The second kappa shape index (κ2) is 8.45. The molecule has 0 fully saturated rings. The highest BCUT2D eigenvalue weighted by Gasteiger charge is 2.36. The molecule has 0 aliphatic rings. The minimum absolute atomic E-state index is 0. The predicted octanol–water partition coefficient (Wildman–Crippen LogP) is 3.32. The van der Waals surface area contributed by atoms with Gasteiger partial charge in [0.1, 0.15) is 17.1 Å². The molecule has 0 aliphatic carbocycles. The Morgan fingerprint density at radius 2 is 0.875 bits per heavy atom. The summed E-state index contributed by atoms with van der Waals surface area (Å²) in [5.41, 5.74) is 3.91. The van der Waals surface area contributed by atoms with E-state index in [2.05, 4.69) is 105 Å². The first-order valence-electron chi connectivity index (χ1n) is 8.28. The Bertz CT molecular complexity index is 627. The van der Waals surface area contributed by atoms with Gasteiger partial charge in [-0.25, -0.2) is 4.48 Å². The van der Waals surface area contributed by atoms with Crippen molar-refractivity contribution in [1.29, 1.82) is 0 Å². The van der Waals surface area contributed by atoms with Crippen molar-refractivity contribution >= 4 is 17.1 Å². The van der Waals surface area contributed by atoms with Crippen LogP contribution >= 0.6 is 0 Å². The van der Waals surface area contributed by atoms with Gasteiger partial charge in [-0.2, -0.15) is 0 Å². The number of nitrogens with zero attached hydrogens (tertiary/aromatic N) is 1. The maximum absolute atomic E-state index is 2.29. The summed E-state index contributed by atoms with van der Waals surface area (Å²) in [5, 5.41) is 0. The highest BCUT2D eigenvalue weighted by molar-refractivity contribution is 5.70. The molecular formula is C22H24IN. The number of quaternary nitrogens is 1. The van der Waals surface area contributed by atoms with Gasteiger partial charge in [0.05, 0.1) is 6.54 Å². The topological polar surface area (TPSA) is 0 Å². The average molecular weight is 429 g/mol. The molecule has 0 bridgehead atoms. The number of halogens is 1. The molecule has 0 aliphatic heterocycles. The Morgan fingerprint density at radius 3 is 1.12 bits per heavy atom. The van der Waals surface area contributed by atoms with E-state index in [-0.39, 0.29) is 24.0 Å². The summed E-state index contributed by atoms with van der Waals surface area (Å²) in [6, 6.07) is 32.5. The third-order valence-corrected chi connectivity index (χ3v) is 4.23. The number of benzene rings is 3. The van der Waals surface area contributed by atoms with Crippen LogP contribution in [0, 0.1) is 5.92 Å². The molecule has 0 heterocycles. The van der Waals surface area contributed by atoms with Crippen LogP contribution in [-0.2, 0) is 0 Å². The van der Waals surface area contributed by atoms with Crippen molar-refractivity contribution in [3.05, 3.63) is 91.0 Å². The van der Waals surface area contributed by atoms with Gasteiger partial charge in [-0.3, -0.25) is 0 Å². The van der Waals surface area contributed by atoms with Gasteiger partial charge >= 0.3 is 0 Å². The minimum atomic E-state index is 0. The zero-order valence-electron chi connectivity index (χ0n) is 14.3. The standard InChI is InChI=1S/C22H24N.HI/c1-19(2)18-23(20-12-6-3-7-13-20,21-14-8-4-9-15-21)22-16-10-5-11-17-22;/h3-17,19H,18H2,1-2H3;1H/q+1;/p-1. The molecule has 0 unspecified atom stereocenters. The fourth-order valence-corrected chi connectivity index (χ4v) is 3.36. The Balaban J connectivity index is 0.00000208. The summed E-state index contributed by atoms with van der Waals surface area (Å²) in [7, 11) is 0. The van der Waals surface area contributed by atoms with Crippen molar-refractivity contribution in [3.63, 3.8) is 0 Å². The lowest BCUT2D eigenvalue weighted by atomic mass is 10.0. The Kier molecular flexibility index (Phi) is 6.58. The van der Waals surface area contributed by atoms with Crippen LogP contribution in [-0.4, -0.2) is 6.54 Å². The van der Waals surface area contributed by atoms with E-state index in [1.165, 1.54) is 17.1 Å². The number of hydrogen-bond acceptors (Lipinski definition) is 0. The molecule has 0 saturated carbocycles. The molecule has 0 N–H and O–H groups in total. The monoisotopic (exact) mass is 429 g/mol. The number of rotatable bonds is 5. The maximum atomic E-state index is 2.29. The van der Waals surface area contributed by atoms with E-state index < -0.39 is 0 Å². The van der Waals surface area contributed by atoms with E-state index in [1.54, 1.807) is 0 Å². The smallest absolute Gasteiger partial charge is 0.143 e. The lowest BCUT2D eigenvalue weighted by Gasteiger charge is -2.38. The molecule has 3 aromatic carbocycles. The first-order chi connectivity index (χ1) is 11.2. The van der Waals surface area contributed by atoms with Crippen LogP contribution in [0.25, 0.3) is 0 Å². The van der Waals surface area contributed by atoms with Gasteiger partial charge < -0.3 is 24.0 Å². The van der Waals surface area contributed by atoms with Gasteiger partial charge in [-0.15, -0.1) is 0 Å². The van der Waals surface area contributed by atoms with Crippen molar-refractivity contribution in [2.45, 2.75) is 13.8 Å². The van der Waals surface area contributed by atoms with Crippen molar-refractivity contribution in [1.82, 2.24) is 4.48 Å². The van der Waals surface area contributed by atoms with Crippen molar-refractivity contribution < 1.29 is 24.0 Å². The summed E-state index contributed by atoms with van der Waals surface area (Å²) in [4.78, 5) is 0. The van der Waals surface area contributed by atoms with Crippen LogP contribution in [0.2, 0.25) is 0 Å². The van der Waals surface area contributed by atoms with Crippen LogP contribution in [0.4, 0.5) is 17.1 Å². The van der Waals surface area contributed by atoms with Crippen molar-refractivity contribution in [3.8, 4) is 0 Å². The molecule has 0 saturated heterocycles. The molecule has 124 valence electrons. The van der Waals surface area contributed by atoms with Crippen LogP contribution in [0.1, 0.15) is 13.8 Å². The fourth-order valence-electron chi connectivity index (χ4n) is 3.36. The van der Waals surface area contributed by atoms with Crippen LogP contribution < -0.4 is 28.5 Å². The van der Waals surface area contributed by atoms with Gasteiger partial charge in [0.2, 0.25) is 0 Å². The molecule has 3 aromatic rings. The van der Waals surface area contributed by atoms with Gasteiger partial charge in [-0.1, -0.05) is 68.4 Å². The van der Waals surface area contributed by atoms with Crippen LogP contribution in [0.3, 0.4) is 0 Å². The normalized spacial score (nSPS) is 11.1. The molecule has 2 heteroatoms. The first kappa shape index (κ1) is 18.7. The third-order valence-electron chi connectivity index (χ3n) is 4.23. The molecule has 0 spiro atoms. The van der Waals surface area contributed by atoms with Gasteiger partial charge in [-0.05, 0) is 36.4 Å². The minimum Gasteiger partial charge on any atom is -1.00 e. The van der Waals surface area contributed by atoms with E-state index in [0.717, 1.165) is 11.0 Å². The van der Waals surface area contributed by atoms with E-state index in [9.17, 15) is 0 Å². The zero-order valence-corrected chi connectivity index (χ0v) is 16.4. The molecule has 0 aromatic heterocycles. The zero-order chi connectivity index (χ0) is 16.1. The molecule has 0 amide bonds.